The van der Waals surface area contributed by atoms with E-state index in [0.717, 1.165) is 6.20 Å². The Morgan fingerprint density at radius 1 is 1.54 bits per heavy atom. The van der Waals surface area contributed by atoms with Crippen molar-refractivity contribution in [2.24, 2.45) is 5.73 Å². The van der Waals surface area contributed by atoms with Crippen LogP contribution in [0.2, 0.25) is 0 Å². The average Bonchev–Trinajstić information content (AvgIpc) is 2.04. The zero-order chi connectivity index (χ0) is 10.0. The first kappa shape index (κ1) is 9.79. The Hall–Kier alpha value is -1.30. The normalized spacial score (nSPS) is 10.8. The number of halogens is 3. The lowest BCUT2D eigenvalue weighted by Gasteiger charge is -2.06. The number of rotatable bonds is 2. The third-order valence-corrected chi connectivity index (χ3v) is 1.52. The molecule has 0 saturated heterocycles. The highest BCUT2D eigenvalue weighted by atomic mass is 19.3. The quantitative estimate of drug-likeness (QED) is 0.742. The second-order valence-corrected chi connectivity index (χ2v) is 2.32. The summed E-state index contributed by atoms with van der Waals surface area (Å²) in [6.45, 7) is -0.286. The van der Waals surface area contributed by atoms with E-state index in [1.165, 1.54) is 0 Å². The van der Waals surface area contributed by atoms with Gasteiger partial charge in [-0.2, -0.15) is 0 Å². The second kappa shape index (κ2) is 3.61. The van der Waals surface area contributed by atoms with Crippen molar-refractivity contribution in [3.05, 3.63) is 23.3 Å². The van der Waals surface area contributed by atoms with Gasteiger partial charge < -0.3 is 10.8 Å². The Balaban J connectivity index is 3.30. The highest BCUT2D eigenvalue weighted by Crippen LogP contribution is 2.30. The summed E-state index contributed by atoms with van der Waals surface area (Å²) in [6.07, 6.45) is -2.32. The number of pyridine rings is 1. The van der Waals surface area contributed by atoms with Gasteiger partial charge in [0.25, 0.3) is 6.43 Å². The topological polar surface area (TPSA) is 59.1 Å². The highest BCUT2D eigenvalue weighted by Gasteiger charge is 2.21. The van der Waals surface area contributed by atoms with Gasteiger partial charge in [0.05, 0.1) is 17.5 Å². The largest absolute Gasteiger partial charge is 0.506 e. The predicted molar refractivity (Wildman–Crippen MR) is 38.7 cm³/mol. The molecule has 0 amide bonds. The molecule has 1 aromatic rings. The molecular formula is C7H7F3N2O. The maximum atomic E-state index is 13.0. The van der Waals surface area contributed by atoms with Crippen molar-refractivity contribution in [2.75, 3.05) is 0 Å². The molecule has 3 N–H and O–H groups in total. The molecule has 6 heteroatoms. The molecule has 0 unspecified atom stereocenters. The molecule has 0 aliphatic heterocycles. The second-order valence-electron chi connectivity index (χ2n) is 2.32. The number of hydrogen-bond donors (Lipinski definition) is 2. The molecule has 1 rings (SSSR count). The van der Waals surface area contributed by atoms with Crippen molar-refractivity contribution >= 4 is 0 Å². The fourth-order valence-electron chi connectivity index (χ4n) is 0.883. The summed E-state index contributed by atoms with van der Waals surface area (Å²) in [5.74, 6) is -2.10. The number of nitrogens with zero attached hydrogens (tertiary/aromatic N) is 1. The van der Waals surface area contributed by atoms with Gasteiger partial charge >= 0.3 is 0 Å². The molecular weight excluding hydrogens is 185 g/mol. The van der Waals surface area contributed by atoms with Crippen molar-refractivity contribution in [3.63, 3.8) is 0 Å². The van der Waals surface area contributed by atoms with E-state index in [1.54, 1.807) is 0 Å². The third kappa shape index (κ3) is 1.72. The summed E-state index contributed by atoms with van der Waals surface area (Å²) in [6, 6.07) is 0. The summed E-state index contributed by atoms with van der Waals surface area (Å²) in [4.78, 5) is 3.36. The molecule has 0 aliphatic carbocycles. The highest BCUT2D eigenvalue weighted by molar-refractivity contribution is 5.33. The summed E-state index contributed by atoms with van der Waals surface area (Å²) >= 11 is 0. The fraction of sp³-hybridized carbons (Fsp3) is 0.286. The lowest BCUT2D eigenvalue weighted by molar-refractivity contribution is 0.141. The zero-order valence-electron chi connectivity index (χ0n) is 6.47. The predicted octanol–water partition coefficient (Wildman–Crippen LogP) is 1.32. The van der Waals surface area contributed by atoms with E-state index in [2.05, 4.69) is 4.98 Å². The summed E-state index contributed by atoms with van der Waals surface area (Å²) in [5.41, 5.74) is 3.71. The first-order valence-corrected chi connectivity index (χ1v) is 3.42. The van der Waals surface area contributed by atoms with Gasteiger partial charge in [-0.15, -0.1) is 0 Å². The Bertz CT molecular complexity index is 317. The molecule has 3 nitrogen and oxygen atoms in total. The van der Waals surface area contributed by atoms with E-state index in [4.69, 9.17) is 10.8 Å². The van der Waals surface area contributed by atoms with Gasteiger partial charge in [-0.05, 0) is 0 Å². The van der Waals surface area contributed by atoms with E-state index in [0.29, 0.717) is 0 Å². The van der Waals surface area contributed by atoms with Crippen LogP contribution in [-0.2, 0) is 6.54 Å². The van der Waals surface area contributed by atoms with Gasteiger partial charge in [-0.3, -0.25) is 4.98 Å². The molecule has 0 saturated carbocycles. The van der Waals surface area contributed by atoms with Gasteiger partial charge in [-0.25, -0.2) is 13.2 Å². The van der Waals surface area contributed by atoms with Gasteiger partial charge in [0, 0.05) is 6.54 Å². The molecule has 1 heterocycles. The van der Waals surface area contributed by atoms with Crippen LogP contribution in [0.15, 0.2) is 6.20 Å². The number of hydrogen-bond acceptors (Lipinski definition) is 3. The molecule has 0 aromatic carbocycles. The number of nitrogens with two attached hydrogens (primary N) is 1. The van der Waals surface area contributed by atoms with E-state index in [9.17, 15) is 13.2 Å². The van der Waals surface area contributed by atoms with E-state index < -0.39 is 23.6 Å². The van der Waals surface area contributed by atoms with Crippen molar-refractivity contribution in [3.8, 4) is 5.75 Å². The van der Waals surface area contributed by atoms with E-state index in [1.807, 2.05) is 0 Å². The van der Waals surface area contributed by atoms with Gasteiger partial charge in [0.15, 0.2) is 5.82 Å². The number of aromatic nitrogens is 1. The lowest BCUT2D eigenvalue weighted by atomic mass is 10.2. The molecule has 0 fully saturated rings. The monoisotopic (exact) mass is 192 g/mol. The van der Waals surface area contributed by atoms with Crippen LogP contribution in [0.4, 0.5) is 13.2 Å². The number of alkyl halides is 2. The van der Waals surface area contributed by atoms with Crippen molar-refractivity contribution in [2.45, 2.75) is 13.0 Å². The van der Waals surface area contributed by atoms with Crippen molar-refractivity contribution in [1.82, 2.24) is 4.98 Å². The van der Waals surface area contributed by atoms with E-state index in [-0.39, 0.29) is 12.2 Å². The summed E-state index contributed by atoms with van der Waals surface area (Å²) in [5, 5.41) is 8.86. The molecule has 0 radical (unpaired) electrons. The van der Waals surface area contributed by atoms with Crippen LogP contribution in [0.25, 0.3) is 0 Å². The Morgan fingerprint density at radius 2 is 2.15 bits per heavy atom. The lowest BCUT2D eigenvalue weighted by Crippen LogP contribution is -2.06. The zero-order valence-corrected chi connectivity index (χ0v) is 6.47. The molecule has 0 bridgehead atoms. The van der Waals surface area contributed by atoms with Gasteiger partial charge in [0.1, 0.15) is 5.75 Å². The van der Waals surface area contributed by atoms with Crippen LogP contribution in [0.5, 0.6) is 5.75 Å². The smallest absolute Gasteiger partial charge is 0.270 e. The maximum absolute atomic E-state index is 13.0. The first-order chi connectivity index (χ1) is 6.07. The molecule has 1 aromatic heterocycles. The van der Waals surface area contributed by atoms with Crippen molar-refractivity contribution in [1.29, 1.82) is 0 Å². The average molecular weight is 192 g/mol. The third-order valence-electron chi connectivity index (χ3n) is 1.52. The van der Waals surface area contributed by atoms with Crippen LogP contribution in [0.3, 0.4) is 0 Å². The molecule has 13 heavy (non-hydrogen) atoms. The molecule has 0 atom stereocenters. The maximum Gasteiger partial charge on any atom is 0.270 e. The van der Waals surface area contributed by atoms with Gasteiger partial charge in [-0.1, -0.05) is 0 Å². The Morgan fingerprint density at radius 3 is 2.62 bits per heavy atom. The van der Waals surface area contributed by atoms with Crippen LogP contribution in [0, 0.1) is 5.82 Å². The SMILES string of the molecule is NCc1ncc(O)c(C(F)F)c1F. The standard InChI is InChI=1S/C7H7F3N2O/c8-6-3(1-11)12-2-4(13)5(6)7(9)10/h2,7,13H,1,11H2. The van der Waals surface area contributed by atoms with Gasteiger partial charge in [0.2, 0.25) is 0 Å². The van der Waals surface area contributed by atoms with Crippen LogP contribution < -0.4 is 5.73 Å². The van der Waals surface area contributed by atoms with Crippen molar-refractivity contribution < 1.29 is 18.3 Å². The summed E-state index contributed by atoms with van der Waals surface area (Å²) in [7, 11) is 0. The first-order valence-electron chi connectivity index (χ1n) is 3.42. The molecule has 0 aliphatic rings. The van der Waals surface area contributed by atoms with Crippen LogP contribution >= 0.6 is 0 Å². The number of aromatic hydroxyl groups is 1. The summed E-state index contributed by atoms with van der Waals surface area (Å²) < 4.78 is 37.3. The molecule has 0 spiro atoms. The fourth-order valence-corrected chi connectivity index (χ4v) is 0.883. The minimum Gasteiger partial charge on any atom is -0.506 e. The minimum absolute atomic E-state index is 0.284. The Kier molecular flexibility index (Phi) is 2.72. The van der Waals surface area contributed by atoms with E-state index >= 15 is 0 Å². The minimum atomic E-state index is -3.08. The van der Waals surface area contributed by atoms with Crippen LogP contribution in [-0.4, -0.2) is 10.1 Å². The van der Waals surface area contributed by atoms with Crippen LogP contribution in [0.1, 0.15) is 17.7 Å². The molecule has 72 valence electrons. The Labute approximate surface area is 72.0 Å².